The Bertz CT molecular complexity index is 705. The van der Waals surface area contributed by atoms with Crippen LogP contribution < -0.4 is 15.4 Å². The fourth-order valence-electron chi connectivity index (χ4n) is 2.23. The number of nitrogens with one attached hydrogen (secondary N) is 2. The van der Waals surface area contributed by atoms with E-state index in [0.29, 0.717) is 31.5 Å². The van der Waals surface area contributed by atoms with Crippen LogP contribution in [-0.4, -0.2) is 29.6 Å². The summed E-state index contributed by atoms with van der Waals surface area (Å²) >= 11 is 1.67. The maximum atomic E-state index is 5.78. The molecule has 2 heterocycles. The Labute approximate surface area is 183 Å². The van der Waals surface area contributed by atoms with Gasteiger partial charge in [0.1, 0.15) is 5.01 Å². The first kappa shape index (κ1) is 23.6. The molecule has 27 heavy (non-hydrogen) atoms. The number of halogens is 1. The van der Waals surface area contributed by atoms with Crippen LogP contribution in [0.4, 0.5) is 0 Å². The lowest BCUT2D eigenvalue weighted by Gasteiger charge is -2.13. The van der Waals surface area contributed by atoms with E-state index in [-0.39, 0.29) is 24.0 Å². The van der Waals surface area contributed by atoms with Gasteiger partial charge in [0.15, 0.2) is 5.96 Å². The Hall–Kier alpha value is -1.42. The number of pyridine rings is 1. The lowest BCUT2D eigenvalue weighted by Crippen LogP contribution is -2.36. The summed E-state index contributed by atoms with van der Waals surface area (Å²) in [5.74, 6) is 1.87. The molecule has 8 heteroatoms. The molecule has 0 aliphatic rings. The molecule has 0 saturated heterocycles. The smallest absolute Gasteiger partial charge is 0.218 e. The molecule has 0 amide bonds. The number of thiazole rings is 1. The van der Waals surface area contributed by atoms with Crippen LogP contribution in [0.1, 0.15) is 55.8 Å². The molecule has 2 aromatic rings. The van der Waals surface area contributed by atoms with Gasteiger partial charge in [0, 0.05) is 30.7 Å². The standard InChI is InChI=1S/C19H29N5OS.HI/c1-5-6-10-25-18-15(8-7-9-21-18)11-22-19(20-4)23-12-17-24-16(13-26-17)14(2)3;/h7-9,13-14H,5-6,10-12H2,1-4H3,(H2,20,22,23);1H. The van der Waals surface area contributed by atoms with Crippen molar-refractivity contribution in [3.8, 4) is 5.88 Å². The first-order chi connectivity index (χ1) is 12.6. The van der Waals surface area contributed by atoms with Gasteiger partial charge in [-0.3, -0.25) is 4.99 Å². The Balaban J connectivity index is 0.00000364. The number of aromatic nitrogens is 2. The maximum Gasteiger partial charge on any atom is 0.218 e. The summed E-state index contributed by atoms with van der Waals surface area (Å²) < 4.78 is 5.78. The molecule has 2 N–H and O–H groups in total. The van der Waals surface area contributed by atoms with Crippen molar-refractivity contribution in [2.75, 3.05) is 13.7 Å². The van der Waals surface area contributed by atoms with E-state index < -0.39 is 0 Å². The summed E-state index contributed by atoms with van der Waals surface area (Å²) in [5, 5.41) is 9.79. The molecule has 0 aromatic carbocycles. The van der Waals surface area contributed by atoms with E-state index in [4.69, 9.17) is 4.74 Å². The zero-order chi connectivity index (χ0) is 18.8. The summed E-state index contributed by atoms with van der Waals surface area (Å²) in [6.07, 6.45) is 3.89. The molecule has 150 valence electrons. The molecule has 0 fully saturated rings. The van der Waals surface area contributed by atoms with Crippen molar-refractivity contribution >= 4 is 41.3 Å². The number of unbranched alkanes of at least 4 members (excludes halogenated alkanes) is 1. The summed E-state index contributed by atoms with van der Waals surface area (Å²) in [5.41, 5.74) is 2.15. The van der Waals surface area contributed by atoms with Crippen LogP contribution in [0, 0.1) is 0 Å². The van der Waals surface area contributed by atoms with Crippen molar-refractivity contribution in [3.63, 3.8) is 0 Å². The molecule has 0 atom stereocenters. The molecule has 2 aromatic heterocycles. The number of hydrogen-bond acceptors (Lipinski definition) is 5. The van der Waals surface area contributed by atoms with Gasteiger partial charge in [-0.15, -0.1) is 35.3 Å². The van der Waals surface area contributed by atoms with E-state index in [2.05, 4.69) is 51.7 Å². The summed E-state index contributed by atoms with van der Waals surface area (Å²) in [7, 11) is 1.76. The minimum Gasteiger partial charge on any atom is -0.477 e. The molecule has 2 rings (SSSR count). The fourth-order valence-corrected chi connectivity index (χ4v) is 3.13. The van der Waals surface area contributed by atoms with Crippen molar-refractivity contribution in [1.29, 1.82) is 0 Å². The van der Waals surface area contributed by atoms with Gasteiger partial charge in [0.25, 0.3) is 0 Å². The van der Waals surface area contributed by atoms with E-state index in [0.717, 1.165) is 35.1 Å². The molecule has 0 spiro atoms. The van der Waals surface area contributed by atoms with Crippen molar-refractivity contribution in [2.45, 2.75) is 52.6 Å². The normalized spacial score (nSPS) is 11.2. The second-order valence-electron chi connectivity index (χ2n) is 6.27. The van der Waals surface area contributed by atoms with Crippen LogP contribution in [-0.2, 0) is 13.1 Å². The highest BCUT2D eigenvalue weighted by molar-refractivity contribution is 14.0. The lowest BCUT2D eigenvalue weighted by atomic mass is 10.2. The predicted octanol–water partition coefficient (Wildman–Crippen LogP) is 4.32. The summed E-state index contributed by atoms with van der Waals surface area (Å²) in [6.45, 7) is 8.40. The Morgan fingerprint density at radius 1 is 1.30 bits per heavy atom. The molecule has 6 nitrogen and oxygen atoms in total. The highest BCUT2D eigenvalue weighted by atomic mass is 127. The van der Waals surface area contributed by atoms with E-state index in [1.807, 2.05) is 12.1 Å². The Morgan fingerprint density at radius 2 is 2.07 bits per heavy atom. The van der Waals surface area contributed by atoms with Crippen LogP contribution in [0.5, 0.6) is 5.88 Å². The molecular weight excluding hydrogens is 473 g/mol. The largest absolute Gasteiger partial charge is 0.477 e. The van der Waals surface area contributed by atoms with Crippen molar-refractivity contribution in [2.24, 2.45) is 4.99 Å². The Kier molecular flexibility index (Phi) is 11.3. The zero-order valence-electron chi connectivity index (χ0n) is 16.5. The third-order valence-corrected chi connectivity index (χ3v) is 4.69. The van der Waals surface area contributed by atoms with Gasteiger partial charge in [0.05, 0.1) is 18.8 Å². The van der Waals surface area contributed by atoms with Crippen LogP contribution in [0.15, 0.2) is 28.7 Å². The molecule has 0 bridgehead atoms. The van der Waals surface area contributed by atoms with Gasteiger partial charge in [-0.05, 0) is 18.4 Å². The summed E-state index contributed by atoms with van der Waals surface area (Å²) in [6, 6.07) is 3.94. The predicted molar refractivity (Wildman–Crippen MR) is 123 cm³/mol. The number of rotatable bonds is 9. The number of guanidine groups is 1. The second-order valence-corrected chi connectivity index (χ2v) is 7.21. The third-order valence-electron chi connectivity index (χ3n) is 3.82. The van der Waals surface area contributed by atoms with E-state index in [9.17, 15) is 0 Å². The van der Waals surface area contributed by atoms with Crippen LogP contribution in [0.3, 0.4) is 0 Å². The van der Waals surface area contributed by atoms with Gasteiger partial charge < -0.3 is 15.4 Å². The molecule has 0 aliphatic heterocycles. The lowest BCUT2D eigenvalue weighted by molar-refractivity contribution is 0.294. The minimum absolute atomic E-state index is 0. The summed E-state index contributed by atoms with van der Waals surface area (Å²) in [4.78, 5) is 13.2. The SMILES string of the molecule is CCCCOc1ncccc1CNC(=NC)NCc1nc(C(C)C)cs1.I. The molecule has 0 aliphatic carbocycles. The maximum absolute atomic E-state index is 5.78. The molecule has 0 radical (unpaired) electrons. The molecule has 0 saturated carbocycles. The second kappa shape index (κ2) is 12.9. The quantitative estimate of drug-likeness (QED) is 0.231. The van der Waals surface area contributed by atoms with Crippen LogP contribution in [0.2, 0.25) is 0 Å². The highest BCUT2D eigenvalue weighted by Gasteiger charge is 2.08. The van der Waals surface area contributed by atoms with E-state index in [1.54, 1.807) is 24.6 Å². The van der Waals surface area contributed by atoms with Crippen molar-refractivity contribution in [1.82, 2.24) is 20.6 Å². The number of aliphatic imine (C=N–C) groups is 1. The third kappa shape index (κ3) is 8.00. The van der Waals surface area contributed by atoms with E-state index >= 15 is 0 Å². The van der Waals surface area contributed by atoms with Gasteiger partial charge >= 0.3 is 0 Å². The van der Waals surface area contributed by atoms with Crippen molar-refractivity contribution < 1.29 is 4.74 Å². The van der Waals surface area contributed by atoms with Gasteiger partial charge in [-0.1, -0.05) is 33.3 Å². The van der Waals surface area contributed by atoms with Crippen LogP contribution in [0.25, 0.3) is 0 Å². The zero-order valence-corrected chi connectivity index (χ0v) is 19.6. The fraction of sp³-hybridized carbons (Fsp3) is 0.526. The highest BCUT2D eigenvalue weighted by Crippen LogP contribution is 2.17. The molecule has 0 unspecified atom stereocenters. The first-order valence-corrected chi connectivity index (χ1v) is 9.97. The van der Waals surface area contributed by atoms with E-state index in [1.165, 1.54) is 0 Å². The number of nitrogens with zero attached hydrogens (tertiary/aromatic N) is 3. The number of ether oxygens (including phenoxy) is 1. The first-order valence-electron chi connectivity index (χ1n) is 9.09. The monoisotopic (exact) mass is 503 g/mol. The van der Waals surface area contributed by atoms with Gasteiger partial charge in [-0.2, -0.15) is 0 Å². The Morgan fingerprint density at radius 3 is 2.74 bits per heavy atom. The van der Waals surface area contributed by atoms with Crippen LogP contribution >= 0.6 is 35.3 Å². The average Bonchev–Trinajstić information content (AvgIpc) is 3.12. The van der Waals surface area contributed by atoms with Gasteiger partial charge in [0.2, 0.25) is 5.88 Å². The van der Waals surface area contributed by atoms with Crippen molar-refractivity contribution in [3.05, 3.63) is 40.0 Å². The average molecular weight is 503 g/mol. The van der Waals surface area contributed by atoms with Gasteiger partial charge in [-0.25, -0.2) is 9.97 Å². The number of hydrogen-bond donors (Lipinski definition) is 2. The topological polar surface area (TPSA) is 71.4 Å². The minimum atomic E-state index is 0. The molecular formula is C19H30IN5OS.